The third-order valence-corrected chi connectivity index (χ3v) is 3.41. The van der Waals surface area contributed by atoms with Gasteiger partial charge in [-0.15, -0.1) is 0 Å². The molecule has 2 aromatic rings. The van der Waals surface area contributed by atoms with E-state index in [9.17, 15) is 14.7 Å². The number of hydrogen-bond donors (Lipinski definition) is 2. The SMILES string of the molecule is CCOC(=O)[C@@](CO)(Cc1ccoc1)NC(=O)c1ccccc1. The third kappa shape index (κ3) is 3.98. The van der Waals surface area contributed by atoms with E-state index < -0.39 is 24.0 Å². The molecule has 0 bridgehead atoms. The van der Waals surface area contributed by atoms with Crippen LogP contribution in [0.4, 0.5) is 0 Å². The lowest BCUT2D eigenvalue weighted by molar-refractivity contribution is -0.152. The molecule has 2 N–H and O–H groups in total. The second-order valence-electron chi connectivity index (χ2n) is 5.09. The van der Waals surface area contributed by atoms with Crippen LogP contribution >= 0.6 is 0 Å². The number of benzene rings is 1. The molecule has 6 heteroatoms. The van der Waals surface area contributed by atoms with Crippen molar-refractivity contribution in [3.63, 3.8) is 0 Å². The summed E-state index contributed by atoms with van der Waals surface area (Å²) >= 11 is 0. The Morgan fingerprint density at radius 2 is 2.00 bits per heavy atom. The number of esters is 1. The van der Waals surface area contributed by atoms with Gasteiger partial charge in [-0.2, -0.15) is 0 Å². The quantitative estimate of drug-likeness (QED) is 0.756. The van der Waals surface area contributed by atoms with E-state index in [0.29, 0.717) is 11.1 Å². The second-order valence-corrected chi connectivity index (χ2v) is 5.09. The summed E-state index contributed by atoms with van der Waals surface area (Å²) in [4.78, 5) is 24.8. The molecule has 0 fully saturated rings. The Hall–Kier alpha value is -2.60. The molecule has 0 saturated carbocycles. The molecule has 1 heterocycles. The molecule has 0 radical (unpaired) electrons. The average molecular weight is 317 g/mol. The number of carbonyl (C=O) groups is 2. The lowest BCUT2D eigenvalue weighted by Gasteiger charge is -2.30. The molecule has 0 unspecified atom stereocenters. The summed E-state index contributed by atoms with van der Waals surface area (Å²) in [6.07, 6.45) is 2.98. The maximum absolute atomic E-state index is 12.4. The fourth-order valence-electron chi connectivity index (χ4n) is 2.22. The number of furan rings is 1. The molecule has 1 atom stereocenters. The van der Waals surface area contributed by atoms with Gasteiger partial charge in [0.15, 0.2) is 5.54 Å². The molecule has 1 aromatic heterocycles. The Balaban J connectivity index is 2.28. The van der Waals surface area contributed by atoms with Crippen LogP contribution < -0.4 is 5.32 Å². The van der Waals surface area contributed by atoms with Crippen LogP contribution in [0.2, 0.25) is 0 Å². The highest BCUT2D eigenvalue weighted by atomic mass is 16.5. The number of carbonyl (C=O) groups excluding carboxylic acids is 2. The van der Waals surface area contributed by atoms with Crippen LogP contribution in [0, 0.1) is 0 Å². The molecule has 6 nitrogen and oxygen atoms in total. The number of amides is 1. The Kier molecular flexibility index (Phi) is 5.54. The largest absolute Gasteiger partial charge is 0.472 e. The molecular formula is C17H19NO5. The van der Waals surface area contributed by atoms with Gasteiger partial charge in [-0.1, -0.05) is 18.2 Å². The van der Waals surface area contributed by atoms with Crippen LogP contribution in [0.5, 0.6) is 0 Å². The summed E-state index contributed by atoms with van der Waals surface area (Å²) in [6.45, 7) is 1.22. The van der Waals surface area contributed by atoms with E-state index in [4.69, 9.17) is 9.15 Å². The second kappa shape index (κ2) is 7.60. The fraction of sp³-hybridized carbons (Fsp3) is 0.294. The van der Waals surface area contributed by atoms with E-state index in [2.05, 4.69) is 5.32 Å². The van der Waals surface area contributed by atoms with Crippen LogP contribution in [-0.2, 0) is 16.0 Å². The lowest BCUT2D eigenvalue weighted by atomic mass is 9.92. The first-order chi connectivity index (χ1) is 11.1. The van der Waals surface area contributed by atoms with Crippen molar-refractivity contribution in [2.75, 3.05) is 13.2 Å². The van der Waals surface area contributed by atoms with E-state index in [1.807, 2.05) is 0 Å². The molecule has 1 aromatic carbocycles. The highest BCUT2D eigenvalue weighted by Crippen LogP contribution is 2.17. The molecule has 2 rings (SSSR count). The molecule has 0 aliphatic rings. The van der Waals surface area contributed by atoms with E-state index in [-0.39, 0.29) is 13.0 Å². The van der Waals surface area contributed by atoms with Gasteiger partial charge in [-0.3, -0.25) is 4.79 Å². The van der Waals surface area contributed by atoms with Crippen molar-refractivity contribution in [3.8, 4) is 0 Å². The minimum atomic E-state index is -1.56. The first kappa shape index (κ1) is 16.8. The van der Waals surface area contributed by atoms with Crippen LogP contribution in [0.1, 0.15) is 22.8 Å². The Morgan fingerprint density at radius 1 is 1.26 bits per heavy atom. The highest BCUT2D eigenvalue weighted by Gasteiger charge is 2.41. The zero-order valence-corrected chi connectivity index (χ0v) is 12.8. The topological polar surface area (TPSA) is 88.8 Å². The van der Waals surface area contributed by atoms with Crippen molar-refractivity contribution in [2.24, 2.45) is 0 Å². The predicted octanol–water partition coefficient (Wildman–Crippen LogP) is 1.55. The minimum absolute atomic E-state index is 0.0669. The number of ether oxygens (including phenoxy) is 1. The lowest BCUT2D eigenvalue weighted by Crippen LogP contribution is -2.59. The number of rotatable bonds is 7. The normalized spacial score (nSPS) is 13.1. The summed E-state index contributed by atoms with van der Waals surface area (Å²) in [7, 11) is 0. The maximum Gasteiger partial charge on any atom is 0.334 e. The summed E-state index contributed by atoms with van der Waals surface area (Å²) in [5.74, 6) is -1.15. The van der Waals surface area contributed by atoms with Crippen molar-refractivity contribution in [1.29, 1.82) is 0 Å². The van der Waals surface area contributed by atoms with Gasteiger partial charge in [-0.25, -0.2) is 4.79 Å². The average Bonchev–Trinajstić information content (AvgIpc) is 3.08. The van der Waals surface area contributed by atoms with Crippen LogP contribution in [0.15, 0.2) is 53.3 Å². The van der Waals surface area contributed by atoms with Gasteiger partial charge >= 0.3 is 5.97 Å². The molecular weight excluding hydrogens is 298 g/mol. The Bertz CT molecular complexity index is 638. The van der Waals surface area contributed by atoms with E-state index in [0.717, 1.165) is 0 Å². The van der Waals surface area contributed by atoms with E-state index >= 15 is 0 Å². The zero-order chi connectivity index (χ0) is 16.7. The summed E-state index contributed by atoms with van der Waals surface area (Å²) < 4.78 is 10.0. The molecule has 122 valence electrons. The monoisotopic (exact) mass is 317 g/mol. The molecule has 0 saturated heterocycles. The molecule has 0 aliphatic carbocycles. The molecule has 1 amide bonds. The van der Waals surface area contributed by atoms with Gasteiger partial charge in [-0.05, 0) is 30.7 Å². The fourth-order valence-corrected chi connectivity index (χ4v) is 2.22. The third-order valence-electron chi connectivity index (χ3n) is 3.41. The first-order valence-electron chi connectivity index (χ1n) is 7.28. The van der Waals surface area contributed by atoms with Crippen LogP contribution in [-0.4, -0.2) is 35.7 Å². The molecule has 0 spiro atoms. The molecule has 0 aliphatic heterocycles. The Morgan fingerprint density at radius 3 is 2.57 bits per heavy atom. The van der Waals surface area contributed by atoms with E-state index in [1.54, 1.807) is 43.3 Å². The smallest absolute Gasteiger partial charge is 0.334 e. The summed E-state index contributed by atoms with van der Waals surface area (Å²) in [5, 5.41) is 12.4. The number of aliphatic hydroxyl groups is 1. The summed E-state index contributed by atoms with van der Waals surface area (Å²) in [5.41, 5.74) is -0.505. The summed E-state index contributed by atoms with van der Waals surface area (Å²) in [6, 6.07) is 10.1. The van der Waals surface area contributed by atoms with Crippen molar-refractivity contribution in [2.45, 2.75) is 18.9 Å². The zero-order valence-electron chi connectivity index (χ0n) is 12.8. The number of nitrogens with one attached hydrogen (secondary N) is 1. The number of hydrogen-bond acceptors (Lipinski definition) is 5. The van der Waals surface area contributed by atoms with Gasteiger partial charge in [0.25, 0.3) is 5.91 Å². The van der Waals surface area contributed by atoms with Gasteiger partial charge in [0.05, 0.1) is 25.7 Å². The van der Waals surface area contributed by atoms with Crippen LogP contribution in [0.25, 0.3) is 0 Å². The van der Waals surface area contributed by atoms with Crippen molar-refractivity contribution < 1.29 is 23.8 Å². The van der Waals surface area contributed by atoms with E-state index in [1.165, 1.54) is 12.5 Å². The van der Waals surface area contributed by atoms with Gasteiger partial charge in [0.2, 0.25) is 0 Å². The number of aliphatic hydroxyl groups excluding tert-OH is 1. The predicted molar refractivity (Wildman–Crippen MR) is 82.8 cm³/mol. The van der Waals surface area contributed by atoms with Gasteiger partial charge in [0.1, 0.15) is 0 Å². The minimum Gasteiger partial charge on any atom is -0.472 e. The van der Waals surface area contributed by atoms with Gasteiger partial charge in [0, 0.05) is 12.0 Å². The van der Waals surface area contributed by atoms with Crippen molar-refractivity contribution >= 4 is 11.9 Å². The van der Waals surface area contributed by atoms with Crippen molar-refractivity contribution in [3.05, 3.63) is 60.1 Å². The standard InChI is InChI=1S/C17H19NO5/c1-2-23-16(21)17(12-19,10-13-8-9-22-11-13)18-15(20)14-6-4-3-5-7-14/h3-9,11,19H,2,10,12H2,1H3,(H,18,20)/t17-/m0/s1. The first-order valence-corrected chi connectivity index (χ1v) is 7.28. The van der Waals surface area contributed by atoms with Gasteiger partial charge < -0.3 is 19.6 Å². The van der Waals surface area contributed by atoms with Crippen molar-refractivity contribution in [1.82, 2.24) is 5.32 Å². The molecule has 23 heavy (non-hydrogen) atoms. The highest BCUT2D eigenvalue weighted by molar-refractivity contribution is 5.98. The van der Waals surface area contributed by atoms with Crippen LogP contribution in [0.3, 0.4) is 0 Å². The Labute approximate surface area is 134 Å². The maximum atomic E-state index is 12.4.